The van der Waals surface area contributed by atoms with Crippen molar-refractivity contribution in [3.05, 3.63) is 94.5 Å². The van der Waals surface area contributed by atoms with Crippen LogP contribution in [0.1, 0.15) is 31.9 Å². The molecule has 0 saturated carbocycles. The molecule has 0 saturated heterocycles. The summed E-state index contributed by atoms with van der Waals surface area (Å²) in [6.07, 6.45) is -4.74. The summed E-state index contributed by atoms with van der Waals surface area (Å²) >= 11 is 3.34. The van der Waals surface area contributed by atoms with Crippen LogP contribution in [0, 0.1) is 0 Å². The van der Waals surface area contributed by atoms with Gasteiger partial charge in [0.25, 0.3) is 10.0 Å². The maximum atomic E-state index is 13.8. The molecule has 0 spiro atoms. The van der Waals surface area contributed by atoms with Gasteiger partial charge in [0, 0.05) is 17.1 Å². The maximum absolute atomic E-state index is 13.8. The number of nitrogens with zero attached hydrogens (tertiary/aromatic N) is 2. The lowest BCUT2D eigenvalue weighted by Crippen LogP contribution is -2.52. The molecule has 12 heteroatoms. The van der Waals surface area contributed by atoms with Crippen LogP contribution in [0.4, 0.5) is 18.9 Å². The van der Waals surface area contributed by atoms with E-state index in [2.05, 4.69) is 21.2 Å². The molecule has 214 valence electrons. The SMILES string of the molecule is CC(C)NC(=O)[C@@H](C)N(Cc1ccc(Br)cc1)C(=O)CN(c1cccc(C(F)(F)F)c1)S(=O)(=O)c1ccccc1. The van der Waals surface area contributed by atoms with E-state index in [4.69, 9.17) is 0 Å². The number of benzene rings is 3. The molecule has 0 radical (unpaired) electrons. The van der Waals surface area contributed by atoms with Crippen LogP contribution in [0.25, 0.3) is 0 Å². The van der Waals surface area contributed by atoms with Crippen molar-refractivity contribution in [1.82, 2.24) is 10.2 Å². The Morgan fingerprint density at radius 1 is 0.925 bits per heavy atom. The number of amides is 2. The highest BCUT2D eigenvalue weighted by atomic mass is 79.9. The van der Waals surface area contributed by atoms with Gasteiger partial charge in [0.05, 0.1) is 16.1 Å². The van der Waals surface area contributed by atoms with E-state index in [9.17, 15) is 31.2 Å². The van der Waals surface area contributed by atoms with Crippen molar-refractivity contribution in [2.75, 3.05) is 10.8 Å². The Balaban J connectivity index is 2.07. The lowest BCUT2D eigenvalue weighted by Gasteiger charge is -2.32. The van der Waals surface area contributed by atoms with E-state index < -0.39 is 46.2 Å². The molecule has 0 aliphatic rings. The van der Waals surface area contributed by atoms with Crippen molar-refractivity contribution in [2.24, 2.45) is 0 Å². The molecule has 3 aromatic carbocycles. The number of carbonyl (C=O) groups excluding carboxylic acids is 2. The highest BCUT2D eigenvalue weighted by molar-refractivity contribution is 9.10. The lowest BCUT2D eigenvalue weighted by atomic mass is 10.1. The van der Waals surface area contributed by atoms with Crippen LogP contribution in [-0.2, 0) is 32.3 Å². The average molecular weight is 641 g/mol. The first-order chi connectivity index (χ1) is 18.7. The van der Waals surface area contributed by atoms with Gasteiger partial charge in [-0.3, -0.25) is 13.9 Å². The van der Waals surface area contributed by atoms with Gasteiger partial charge >= 0.3 is 6.18 Å². The Kier molecular flexibility index (Phi) is 10.0. The Hall–Kier alpha value is -3.38. The molecular weight excluding hydrogens is 611 g/mol. The molecule has 1 N–H and O–H groups in total. The van der Waals surface area contributed by atoms with E-state index in [1.54, 1.807) is 44.2 Å². The monoisotopic (exact) mass is 639 g/mol. The summed E-state index contributed by atoms with van der Waals surface area (Å²) in [7, 11) is -4.48. The first kappa shape index (κ1) is 31.2. The number of carbonyl (C=O) groups is 2. The van der Waals surface area contributed by atoms with Crippen LogP contribution in [0.3, 0.4) is 0 Å². The lowest BCUT2D eigenvalue weighted by molar-refractivity contribution is -0.139. The predicted molar refractivity (Wildman–Crippen MR) is 150 cm³/mol. The molecule has 0 bridgehead atoms. The minimum Gasteiger partial charge on any atom is -0.352 e. The van der Waals surface area contributed by atoms with Crippen LogP contribution in [0.2, 0.25) is 0 Å². The standard InChI is InChI=1S/C28H29BrF3N3O4S/c1-19(2)33-27(37)20(3)34(17-21-12-14-23(29)15-13-21)26(36)18-35(40(38,39)25-10-5-4-6-11-25)24-9-7-8-22(16-24)28(30,31)32/h4-16,19-20H,17-18H2,1-3H3,(H,33,37)/t20-/m1/s1. The molecule has 2 amide bonds. The highest BCUT2D eigenvalue weighted by Gasteiger charge is 2.35. The van der Waals surface area contributed by atoms with E-state index in [0.29, 0.717) is 15.9 Å². The molecule has 3 rings (SSSR count). The Labute approximate surface area is 240 Å². The van der Waals surface area contributed by atoms with Gasteiger partial charge in [0.2, 0.25) is 11.8 Å². The molecule has 0 aliphatic carbocycles. The number of rotatable bonds is 10. The molecule has 0 heterocycles. The van der Waals surface area contributed by atoms with Gasteiger partial charge in [-0.05, 0) is 68.8 Å². The number of alkyl halides is 3. The molecule has 7 nitrogen and oxygen atoms in total. The fourth-order valence-electron chi connectivity index (χ4n) is 3.86. The zero-order valence-electron chi connectivity index (χ0n) is 22.0. The second-order valence-electron chi connectivity index (χ2n) is 9.36. The Morgan fingerprint density at radius 2 is 1.55 bits per heavy atom. The van der Waals surface area contributed by atoms with Gasteiger partial charge < -0.3 is 10.2 Å². The van der Waals surface area contributed by atoms with E-state index in [1.807, 2.05) is 0 Å². The summed E-state index contributed by atoms with van der Waals surface area (Å²) in [6.45, 7) is 4.14. The Bertz CT molecular complexity index is 1430. The summed E-state index contributed by atoms with van der Waals surface area (Å²) in [6, 6.07) is 16.6. The van der Waals surface area contributed by atoms with Crippen LogP contribution in [0.5, 0.6) is 0 Å². The van der Waals surface area contributed by atoms with Crippen LogP contribution >= 0.6 is 15.9 Å². The highest BCUT2D eigenvalue weighted by Crippen LogP contribution is 2.33. The van der Waals surface area contributed by atoms with Crippen molar-refractivity contribution in [2.45, 2.75) is 50.5 Å². The predicted octanol–water partition coefficient (Wildman–Crippen LogP) is 5.61. The smallest absolute Gasteiger partial charge is 0.352 e. The van der Waals surface area contributed by atoms with Gasteiger partial charge in [-0.25, -0.2) is 8.42 Å². The van der Waals surface area contributed by atoms with Gasteiger partial charge in [0.15, 0.2) is 0 Å². The second kappa shape index (κ2) is 12.9. The number of nitrogens with one attached hydrogen (secondary N) is 1. The summed E-state index contributed by atoms with van der Waals surface area (Å²) < 4.78 is 69.4. The van der Waals surface area contributed by atoms with E-state index in [1.165, 1.54) is 42.2 Å². The minimum atomic E-state index is -4.74. The summed E-state index contributed by atoms with van der Waals surface area (Å²) in [5, 5.41) is 2.74. The minimum absolute atomic E-state index is 0.0411. The van der Waals surface area contributed by atoms with E-state index in [-0.39, 0.29) is 23.2 Å². The van der Waals surface area contributed by atoms with Gasteiger partial charge in [-0.2, -0.15) is 13.2 Å². The number of anilines is 1. The third kappa shape index (κ3) is 7.85. The van der Waals surface area contributed by atoms with Crippen molar-refractivity contribution < 1.29 is 31.2 Å². The normalized spacial score (nSPS) is 12.6. The van der Waals surface area contributed by atoms with Crippen LogP contribution in [0.15, 0.2) is 88.2 Å². The number of hydrogen-bond donors (Lipinski definition) is 1. The second-order valence-corrected chi connectivity index (χ2v) is 12.1. The zero-order valence-corrected chi connectivity index (χ0v) is 24.4. The quantitative estimate of drug-likeness (QED) is 0.313. The largest absolute Gasteiger partial charge is 0.416 e. The topological polar surface area (TPSA) is 86.8 Å². The number of sulfonamides is 1. The fraction of sp³-hybridized carbons (Fsp3) is 0.286. The molecule has 1 atom stereocenters. The summed E-state index contributed by atoms with van der Waals surface area (Å²) in [5.74, 6) is -1.23. The Morgan fingerprint density at radius 3 is 2.12 bits per heavy atom. The first-order valence-corrected chi connectivity index (χ1v) is 14.5. The average Bonchev–Trinajstić information content (AvgIpc) is 2.90. The third-order valence-electron chi connectivity index (χ3n) is 5.94. The number of halogens is 4. The number of hydrogen-bond acceptors (Lipinski definition) is 4. The van der Waals surface area contributed by atoms with Crippen LogP contribution in [-0.4, -0.2) is 43.8 Å². The molecule has 0 unspecified atom stereocenters. The molecule has 3 aromatic rings. The first-order valence-electron chi connectivity index (χ1n) is 12.3. The van der Waals surface area contributed by atoms with Crippen molar-refractivity contribution in [3.8, 4) is 0 Å². The molecule has 0 fully saturated rings. The molecule has 0 aliphatic heterocycles. The van der Waals surface area contributed by atoms with Crippen molar-refractivity contribution in [3.63, 3.8) is 0 Å². The molecule has 0 aromatic heterocycles. The van der Waals surface area contributed by atoms with Gasteiger partial charge in [0.1, 0.15) is 12.6 Å². The zero-order chi connectivity index (χ0) is 29.7. The molecular formula is C28H29BrF3N3O4S. The van der Waals surface area contributed by atoms with Gasteiger partial charge in [-0.1, -0.05) is 52.3 Å². The van der Waals surface area contributed by atoms with E-state index in [0.717, 1.165) is 16.6 Å². The van der Waals surface area contributed by atoms with Crippen molar-refractivity contribution in [1.29, 1.82) is 0 Å². The van der Waals surface area contributed by atoms with E-state index >= 15 is 0 Å². The molecule has 40 heavy (non-hydrogen) atoms. The summed E-state index contributed by atoms with van der Waals surface area (Å²) in [4.78, 5) is 27.7. The third-order valence-corrected chi connectivity index (χ3v) is 8.25. The van der Waals surface area contributed by atoms with Crippen molar-refractivity contribution >= 4 is 43.5 Å². The van der Waals surface area contributed by atoms with Gasteiger partial charge in [-0.15, -0.1) is 0 Å². The maximum Gasteiger partial charge on any atom is 0.416 e. The summed E-state index contributed by atoms with van der Waals surface area (Å²) in [5.41, 5.74) is -0.741. The van der Waals surface area contributed by atoms with Crippen LogP contribution < -0.4 is 9.62 Å². The fourth-order valence-corrected chi connectivity index (χ4v) is 5.55.